The van der Waals surface area contributed by atoms with Crippen molar-refractivity contribution in [1.29, 1.82) is 0 Å². The molecule has 3 aromatic heterocycles. The van der Waals surface area contributed by atoms with Crippen molar-refractivity contribution in [2.24, 2.45) is 0 Å². The molecule has 34 heavy (non-hydrogen) atoms. The average molecular weight is 513 g/mol. The third-order valence-electron chi connectivity index (χ3n) is 5.65. The second-order valence-corrected chi connectivity index (χ2v) is 10.9. The SMILES string of the molecule is CCOC(=O)c1c(NC(=O)CCSc2nnc3scc(-c4ccccc4)n23)sc2c1CCCC2. The van der Waals surface area contributed by atoms with Crippen LogP contribution in [-0.4, -0.2) is 38.8 Å². The van der Waals surface area contributed by atoms with Crippen LogP contribution in [0.25, 0.3) is 16.2 Å². The Kier molecular flexibility index (Phi) is 6.98. The predicted molar refractivity (Wildman–Crippen MR) is 137 cm³/mol. The molecule has 0 saturated carbocycles. The molecule has 0 aliphatic heterocycles. The Morgan fingerprint density at radius 2 is 2.00 bits per heavy atom. The van der Waals surface area contributed by atoms with Gasteiger partial charge in [0.15, 0.2) is 5.16 Å². The molecule has 1 aliphatic rings. The van der Waals surface area contributed by atoms with Crippen molar-refractivity contribution in [1.82, 2.24) is 14.6 Å². The number of aromatic nitrogens is 3. The van der Waals surface area contributed by atoms with Gasteiger partial charge >= 0.3 is 5.97 Å². The number of thioether (sulfide) groups is 1. The fourth-order valence-corrected chi connectivity index (χ4v) is 7.17. The van der Waals surface area contributed by atoms with E-state index in [0.29, 0.717) is 29.3 Å². The Morgan fingerprint density at radius 3 is 2.82 bits per heavy atom. The van der Waals surface area contributed by atoms with Crippen LogP contribution in [0.3, 0.4) is 0 Å². The van der Waals surface area contributed by atoms with E-state index in [1.165, 1.54) is 28.0 Å². The number of thiophene rings is 1. The number of carbonyl (C=O) groups excluding carboxylic acids is 2. The van der Waals surface area contributed by atoms with E-state index in [9.17, 15) is 9.59 Å². The van der Waals surface area contributed by atoms with Crippen LogP contribution in [0.15, 0.2) is 40.9 Å². The average Bonchev–Trinajstić information content (AvgIpc) is 3.53. The van der Waals surface area contributed by atoms with E-state index in [1.807, 2.05) is 22.6 Å². The van der Waals surface area contributed by atoms with Crippen LogP contribution < -0.4 is 5.32 Å². The number of hydrogen-bond donors (Lipinski definition) is 1. The van der Waals surface area contributed by atoms with Gasteiger partial charge in [-0.05, 0) is 43.7 Å². The van der Waals surface area contributed by atoms with E-state index >= 15 is 0 Å². The first kappa shape index (κ1) is 23.1. The molecule has 0 radical (unpaired) electrons. The Morgan fingerprint density at radius 1 is 1.18 bits per heavy atom. The lowest BCUT2D eigenvalue weighted by atomic mass is 9.95. The van der Waals surface area contributed by atoms with Crippen LogP contribution in [0.2, 0.25) is 0 Å². The number of aryl methyl sites for hydroxylation is 1. The van der Waals surface area contributed by atoms with E-state index < -0.39 is 0 Å². The molecule has 3 heterocycles. The maximum Gasteiger partial charge on any atom is 0.341 e. The zero-order valence-electron chi connectivity index (χ0n) is 18.7. The van der Waals surface area contributed by atoms with Crippen LogP contribution in [-0.2, 0) is 22.4 Å². The molecule has 0 bridgehead atoms. The second-order valence-electron chi connectivity index (χ2n) is 7.87. The van der Waals surface area contributed by atoms with E-state index in [4.69, 9.17) is 4.74 Å². The molecule has 0 unspecified atom stereocenters. The first-order chi connectivity index (χ1) is 16.7. The van der Waals surface area contributed by atoms with E-state index in [1.54, 1.807) is 18.3 Å². The number of carbonyl (C=O) groups is 2. The highest BCUT2D eigenvalue weighted by molar-refractivity contribution is 7.99. The third kappa shape index (κ3) is 4.62. The molecule has 4 aromatic rings. The number of rotatable bonds is 8. The van der Waals surface area contributed by atoms with Crippen molar-refractivity contribution >= 4 is 56.3 Å². The van der Waals surface area contributed by atoms with Crippen molar-refractivity contribution in [3.63, 3.8) is 0 Å². The van der Waals surface area contributed by atoms with Crippen molar-refractivity contribution in [3.05, 3.63) is 51.7 Å². The summed E-state index contributed by atoms with van der Waals surface area (Å²) in [5.41, 5.74) is 3.74. The van der Waals surface area contributed by atoms with Gasteiger partial charge in [0, 0.05) is 22.4 Å². The summed E-state index contributed by atoms with van der Waals surface area (Å²) in [5.74, 6) is 0.0885. The number of nitrogens with one attached hydrogen (secondary N) is 1. The molecular formula is C24H24N4O3S3. The van der Waals surface area contributed by atoms with Gasteiger partial charge in [-0.1, -0.05) is 42.1 Å². The molecule has 1 amide bonds. The number of esters is 1. The minimum atomic E-state index is -0.344. The molecule has 0 atom stereocenters. The Labute approximate surface area is 209 Å². The summed E-state index contributed by atoms with van der Waals surface area (Å²) in [6.07, 6.45) is 4.28. The summed E-state index contributed by atoms with van der Waals surface area (Å²) in [7, 11) is 0. The second kappa shape index (κ2) is 10.3. The summed E-state index contributed by atoms with van der Waals surface area (Å²) < 4.78 is 7.32. The molecule has 1 aliphatic carbocycles. The monoisotopic (exact) mass is 512 g/mol. The number of anilines is 1. The minimum Gasteiger partial charge on any atom is -0.462 e. The van der Waals surface area contributed by atoms with Crippen LogP contribution in [0.5, 0.6) is 0 Å². The van der Waals surface area contributed by atoms with Crippen LogP contribution in [0.1, 0.15) is 47.0 Å². The maximum absolute atomic E-state index is 12.8. The largest absolute Gasteiger partial charge is 0.462 e. The highest BCUT2D eigenvalue weighted by Gasteiger charge is 2.27. The Balaban J connectivity index is 1.27. The zero-order valence-corrected chi connectivity index (χ0v) is 21.2. The van der Waals surface area contributed by atoms with E-state index in [-0.39, 0.29) is 11.9 Å². The van der Waals surface area contributed by atoms with Gasteiger partial charge in [-0.3, -0.25) is 9.20 Å². The lowest BCUT2D eigenvalue weighted by Crippen LogP contribution is -2.16. The number of hydrogen-bond acceptors (Lipinski definition) is 8. The Hall–Kier alpha value is -2.69. The molecule has 0 spiro atoms. The summed E-state index contributed by atoms with van der Waals surface area (Å²) in [6, 6.07) is 10.1. The van der Waals surface area contributed by atoms with Crippen LogP contribution in [0, 0.1) is 0 Å². The fraction of sp³-hybridized carbons (Fsp3) is 0.333. The first-order valence-corrected chi connectivity index (χ1v) is 14.0. The maximum atomic E-state index is 12.8. The minimum absolute atomic E-state index is 0.119. The van der Waals surface area contributed by atoms with Crippen molar-refractivity contribution < 1.29 is 14.3 Å². The fourth-order valence-electron chi connectivity index (χ4n) is 4.10. The van der Waals surface area contributed by atoms with Gasteiger partial charge in [0.1, 0.15) is 5.00 Å². The number of fused-ring (bicyclic) bond motifs is 2. The van der Waals surface area contributed by atoms with Gasteiger partial charge < -0.3 is 10.1 Å². The third-order valence-corrected chi connectivity index (χ3v) is 8.61. The molecule has 1 aromatic carbocycles. The lowest BCUT2D eigenvalue weighted by molar-refractivity contribution is -0.115. The van der Waals surface area contributed by atoms with Crippen LogP contribution >= 0.6 is 34.4 Å². The number of ether oxygens (including phenoxy) is 1. The molecule has 10 heteroatoms. The van der Waals surface area contributed by atoms with Gasteiger partial charge in [0.05, 0.1) is 17.9 Å². The topological polar surface area (TPSA) is 85.6 Å². The van der Waals surface area contributed by atoms with Crippen molar-refractivity contribution in [2.75, 3.05) is 17.7 Å². The lowest BCUT2D eigenvalue weighted by Gasteiger charge is -2.12. The standard InChI is InChI=1S/C24H24N4O3S3/c1-2-31-22(30)20-16-10-6-7-11-18(16)34-21(20)25-19(29)12-13-32-23-26-27-24-28(23)17(14-33-24)15-8-4-3-5-9-15/h3-5,8-9,14H,2,6-7,10-13H2,1H3,(H,25,29). The van der Waals surface area contributed by atoms with Gasteiger partial charge in [0.25, 0.3) is 0 Å². The molecule has 5 rings (SSSR count). The molecular weight excluding hydrogens is 488 g/mol. The summed E-state index contributed by atoms with van der Waals surface area (Å²) in [6.45, 7) is 2.11. The van der Waals surface area contributed by atoms with Gasteiger partial charge in [0.2, 0.25) is 10.9 Å². The summed E-state index contributed by atoms with van der Waals surface area (Å²) in [4.78, 5) is 27.4. The molecule has 0 fully saturated rings. The van der Waals surface area contributed by atoms with Crippen molar-refractivity contribution in [3.8, 4) is 11.3 Å². The van der Waals surface area contributed by atoms with E-state index in [0.717, 1.165) is 52.6 Å². The number of benzene rings is 1. The molecule has 7 nitrogen and oxygen atoms in total. The van der Waals surface area contributed by atoms with Gasteiger partial charge in [-0.25, -0.2) is 4.79 Å². The number of nitrogens with zero attached hydrogens (tertiary/aromatic N) is 3. The van der Waals surface area contributed by atoms with Gasteiger partial charge in [-0.15, -0.1) is 32.9 Å². The molecule has 1 N–H and O–H groups in total. The smallest absolute Gasteiger partial charge is 0.341 e. The quantitative estimate of drug-likeness (QED) is 0.241. The zero-order chi connectivity index (χ0) is 23.5. The molecule has 0 saturated heterocycles. The van der Waals surface area contributed by atoms with Crippen LogP contribution in [0.4, 0.5) is 5.00 Å². The van der Waals surface area contributed by atoms with E-state index in [2.05, 4.69) is 33.0 Å². The number of amides is 1. The Bertz CT molecular complexity index is 1330. The normalized spacial score (nSPS) is 13.1. The first-order valence-electron chi connectivity index (χ1n) is 11.3. The predicted octanol–water partition coefficient (Wildman–Crippen LogP) is 5.70. The molecule has 176 valence electrons. The van der Waals surface area contributed by atoms with Gasteiger partial charge in [-0.2, -0.15) is 0 Å². The van der Waals surface area contributed by atoms with Crippen molar-refractivity contribution in [2.45, 2.75) is 44.2 Å². The summed E-state index contributed by atoms with van der Waals surface area (Å²) >= 11 is 4.56. The summed E-state index contributed by atoms with van der Waals surface area (Å²) in [5, 5.41) is 15.0. The highest BCUT2D eigenvalue weighted by atomic mass is 32.2. The highest BCUT2D eigenvalue weighted by Crippen LogP contribution is 2.39. The number of thiazole rings is 1.